The summed E-state index contributed by atoms with van der Waals surface area (Å²) < 4.78 is 27.0. The molecule has 2 aliphatic rings. The molecule has 0 aliphatic carbocycles. The minimum Gasteiger partial charge on any atom is -0.339 e. The number of thiazole rings is 1. The van der Waals surface area contributed by atoms with E-state index in [1.807, 2.05) is 5.38 Å². The highest BCUT2D eigenvalue weighted by Crippen LogP contribution is 2.26. The Morgan fingerprint density at radius 3 is 2.52 bits per heavy atom. The number of hydrogen-bond acceptors (Lipinski definition) is 5. The van der Waals surface area contributed by atoms with Crippen molar-refractivity contribution in [1.82, 2.24) is 14.8 Å². The predicted octanol–water partition coefficient (Wildman–Crippen LogP) is 4.39. The number of piperidine rings is 2. The number of amides is 2. The second-order valence-corrected chi connectivity index (χ2v) is 10.3. The van der Waals surface area contributed by atoms with Gasteiger partial charge in [-0.1, -0.05) is 13.8 Å². The number of nitrogens with one attached hydrogen (secondary N) is 1. The van der Waals surface area contributed by atoms with E-state index in [9.17, 15) is 18.4 Å². The lowest BCUT2D eigenvalue weighted by atomic mass is 9.92. The highest BCUT2D eigenvalue weighted by molar-refractivity contribution is 7.13. The predicted molar refractivity (Wildman–Crippen MR) is 124 cm³/mol. The summed E-state index contributed by atoms with van der Waals surface area (Å²) in [5.41, 5.74) is 0.824. The van der Waals surface area contributed by atoms with Crippen LogP contribution in [-0.4, -0.2) is 52.8 Å². The Hall–Kier alpha value is -2.39. The Kier molecular flexibility index (Phi) is 7.38. The van der Waals surface area contributed by atoms with Gasteiger partial charge in [-0.15, -0.1) is 11.3 Å². The molecule has 2 saturated heterocycles. The molecule has 0 spiro atoms. The maximum absolute atomic E-state index is 13.9. The normalized spacial score (nSPS) is 22.4. The van der Waals surface area contributed by atoms with E-state index in [4.69, 9.17) is 0 Å². The highest BCUT2D eigenvalue weighted by atomic mass is 32.1. The van der Waals surface area contributed by atoms with Crippen LogP contribution in [0.3, 0.4) is 0 Å². The van der Waals surface area contributed by atoms with Crippen molar-refractivity contribution in [3.8, 4) is 0 Å². The third-order valence-electron chi connectivity index (χ3n) is 6.43. The summed E-state index contributed by atoms with van der Waals surface area (Å²) in [6.07, 6.45) is 2.24. The number of aromatic nitrogens is 1. The first-order valence-corrected chi connectivity index (χ1v) is 12.4. The number of carbonyl (C=O) groups excluding carboxylic acids is 2. The van der Waals surface area contributed by atoms with E-state index >= 15 is 0 Å². The minimum absolute atomic E-state index is 0.101. The van der Waals surface area contributed by atoms with Crippen molar-refractivity contribution in [2.75, 3.05) is 31.5 Å². The number of carbonyl (C=O) groups is 2. The van der Waals surface area contributed by atoms with Crippen molar-refractivity contribution in [2.45, 2.75) is 39.7 Å². The smallest absolute Gasteiger partial charge is 0.256 e. The van der Waals surface area contributed by atoms with Crippen LogP contribution in [0.5, 0.6) is 0 Å². The van der Waals surface area contributed by atoms with Gasteiger partial charge in [0, 0.05) is 50.1 Å². The van der Waals surface area contributed by atoms with Crippen LogP contribution in [0.4, 0.5) is 13.9 Å². The summed E-state index contributed by atoms with van der Waals surface area (Å²) in [5.74, 6) is -1.03. The maximum Gasteiger partial charge on any atom is 0.256 e. The summed E-state index contributed by atoms with van der Waals surface area (Å²) in [5, 5.41) is 5.52. The molecule has 2 unspecified atom stereocenters. The number of nitrogens with zero attached hydrogens (tertiary/aromatic N) is 3. The van der Waals surface area contributed by atoms with E-state index in [1.54, 1.807) is 0 Å². The number of benzene rings is 1. The first kappa shape index (κ1) is 23.8. The maximum atomic E-state index is 13.9. The second kappa shape index (κ2) is 10.3. The van der Waals surface area contributed by atoms with Crippen molar-refractivity contribution in [3.05, 3.63) is 46.5 Å². The number of anilines is 1. The largest absolute Gasteiger partial charge is 0.339 e. The van der Waals surface area contributed by atoms with Gasteiger partial charge < -0.3 is 10.2 Å². The van der Waals surface area contributed by atoms with Crippen molar-refractivity contribution in [2.24, 2.45) is 17.8 Å². The molecule has 178 valence electrons. The summed E-state index contributed by atoms with van der Waals surface area (Å²) in [6, 6.07) is 2.95. The van der Waals surface area contributed by atoms with Crippen LogP contribution in [0.15, 0.2) is 23.6 Å². The molecule has 0 radical (unpaired) electrons. The van der Waals surface area contributed by atoms with Crippen molar-refractivity contribution >= 4 is 28.3 Å². The summed E-state index contributed by atoms with van der Waals surface area (Å²) in [6.45, 7) is 8.20. The standard InChI is InChI=1S/C24H30F2N4O2S/c1-15-9-16(2)12-29(11-15)13-19-14-33-24(27-19)28-22(31)17-5-7-30(8-6-17)23(32)20-4-3-18(25)10-21(20)26/h3-4,10,14-17H,5-9,11-13H2,1-2H3,(H,27,28,31). The van der Waals surface area contributed by atoms with Gasteiger partial charge in [-0.2, -0.15) is 0 Å². The van der Waals surface area contributed by atoms with E-state index < -0.39 is 17.5 Å². The van der Waals surface area contributed by atoms with Gasteiger partial charge >= 0.3 is 0 Å². The molecular formula is C24H30F2N4O2S. The van der Waals surface area contributed by atoms with Gasteiger partial charge in [-0.25, -0.2) is 13.8 Å². The van der Waals surface area contributed by atoms with E-state index in [-0.39, 0.29) is 17.4 Å². The fourth-order valence-corrected chi connectivity index (χ4v) is 5.68. The lowest BCUT2D eigenvalue weighted by Gasteiger charge is -2.34. The molecule has 0 bridgehead atoms. The fraction of sp³-hybridized carbons (Fsp3) is 0.542. The topological polar surface area (TPSA) is 65.5 Å². The first-order chi connectivity index (χ1) is 15.8. The van der Waals surface area contributed by atoms with Crippen molar-refractivity contribution < 1.29 is 18.4 Å². The lowest BCUT2D eigenvalue weighted by molar-refractivity contribution is -0.121. The molecule has 2 atom stereocenters. The zero-order valence-electron chi connectivity index (χ0n) is 19.0. The van der Waals surface area contributed by atoms with Gasteiger partial charge in [0.25, 0.3) is 5.91 Å². The Balaban J connectivity index is 1.27. The number of hydrogen-bond donors (Lipinski definition) is 1. The molecule has 9 heteroatoms. The molecule has 1 aromatic heterocycles. The SMILES string of the molecule is CC1CC(C)CN(Cc2csc(NC(=O)C3CCN(C(=O)c4ccc(F)cc4F)CC3)n2)C1. The molecular weight excluding hydrogens is 446 g/mol. The van der Waals surface area contributed by atoms with Crippen LogP contribution in [0, 0.1) is 29.4 Å². The minimum atomic E-state index is -0.868. The van der Waals surface area contributed by atoms with Crippen LogP contribution in [0.25, 0.3) is 0 Å². The van der Waals surface area contributed by atoms with E-state index in [2.05, 4.69) is 29.0 Å². The van der Waals surface area contributed by atoms with E-state index in [0.29, 0.717) is 49.0 Å². The van der Waals surface area contributed by atoms with Crippen molar-refractivity contribution in [1.29, 1.82) is 0 Å². The molecule has 4 rings (SSSR count). The summed E-state index contributed by atoms with van der Waals surface area (Å²) in [4.78, 5) is 33.8. The Morgan fingerprint density at radius 1 is 1.15 bits per heavy atom. The molecule has 33 heavy (non-hydrogen) atoms. The summed E-state index contributed by atoms with van der Waals surface area (Å²) in [7, 11) is 0. The first-order valence-electron chi connectivity index (χ1n) is 11.5. The molecule has 3 heterocycles. The lowest BCUT2D eigenvalue weighted by Crippen LogP contribution is -2.41. The van der Waals surface area contributed by atoms with E-state index in [0.717, 1.165) is 37.5 Å². The Bertz CT molecular complexity index is 996. The third-order valence-corrected chi connectivity index (χ3v) is 7.23. The summed E-state index contributed by atoms with van der Waals surface area (Å²) >= 11 is 1.43. The Labute approximate surface area is 197 Å². The number of halogens is 2. The van der Waals surface area contributed by atoms with Gasteiger partial charge in [-0.3, -0.25) is 14.5 Å². The molecule has 2 fully saturated rings. The van der Waals surface area contributed by atoms with Crippen molar-refractivity contribution in [3.63, 3.8) is 0 Å². The van der Waals surface area contributed by atoms with Gasteiger partial charge in [0.1, 0.15) is 11.6 Å². The van der Waals surface area contributed by atoms with Crippen LogP contribution in [0.2, 0.25) is 0 Å². The average Bonchev–Trinajstić information content (AvgIpc) is 3.19. The molecule has 2 amide bonds. The van der Waals surface area contributed by atoms with Crippen LogP contribution >= 0.6 is 11.3 Å². The van der Waals surface area contributed by atoms with E-state index in [1.165, 1.54) is 22.7 Å². The zero-order valence-corrected chi connectivity index (χ0v) is 19.8. The van der Waals surface area contributed by atoms with Gasteiger partial charge in [-0.05, 0) is 43.2 Å². The number of rotatable bonds is 5. The molecule has 2 aromatic rings. The monoisotopic (exact) mass is 476 g/mol. The molecule has 2 aliphatic heterocycles. The number of likely N-dealkylation sites (tertiary alicyclic amines) is 2. The molecule has 0 saturated carbocycles. The fourth-order valence-electron chi connectivity index (χ4n) is 4.97. The molecule has 1 aromatic carbocycles. The van der Waals surface area contributed by atoms with Crippen LogP contribution < -0.4 is 5.32 Å². The zero-order chi connectivity index (χ0) is 23.5. The second-order valence-electron chi connectivity index (χ2n) is 9.46. The van der Waals surface area contributed by atoms with Gasteiger partial charge in [0.2, 0.25) is 5.91 Å². The average molecular weight is 477 g/mol. The third kappa shape index (κ3) is 5.95. The Morgan fingerprint density at radius 2 is 1.85 bits per heavy atom. The van der Waals surface area contributed by atoms with Crippen LogP contribution in [-0.2, 0) is 11.3 Å². The van der Waals surface area contributed by atoms with Crippen LogP contribution in [0.1, 0.15) is 49.2 Å². The van der Waals surface area contributed by atoms with Gasteiger partial charge in [0.05, 0.1) is 11.3 Å². The quantitative estimate of drug-likeness (QED) is 0.695. The molecule has 1 N–H and O–H groups in total. The van der Waals surface area contributed by atoms with Gasteiger partial charge in [0.15, 0.2) is 5.13 Å². The molecule has 6 nitrogen and oxygen atoms in total. The highest BCUT2D eigenvalue weighted by Gasteiger charge is 2.29.